The number of benzene rings is 1. The van der Waals surface area contributed by atoms with Crippen LogP contribution in [0.1, 0.15) is 24.3 Å². The average molecular weight is 447 g/mol. The number of hydrogen-bond donors (Lipinski definition) is 2. The number of amides is 2. The van der Waals surface area contributed by atoms with Gasteiger partial charge in [0.05, 0.1) is 25.7 Å². The predicted molar refractivity (Wildman–Crippen MR) is 120 cm³/mol. The maximum atomic E-state index is 12.9. The highest BCUT2D eigenvalue weighted by Gasteiger charge is 2.46. The first kappa shape index (κ1) is 23.0. The molecule has 0 spiro atoms. The van der Waals surface area contributed by atoms with Crippen LogP contribution in [-0.4, -0.2) is 110 Å². The summed E-state index contributed by atoms with van der Waals surface area (Å²) >= 11 is 0. The number of aliphatic hydroxyl groups excluding tert-OH is 1. The number of aliphatic hydroxyl groups is 1. The van der Waals surface area contributed by atoms with Crippen LogP contribution < -0.4 is 10.1 Å². The van der Waals surface area contributed by atoms with Crippen molar-refractivity contribution in [3.8, 4) is 5.75 Å². The van der Waals surface area contributed by atoms with E-state index in [-0.39, 0.29) is 36.5 Å². The smallest absolute Gasteiger partial charge is 0.238 e. The molecule has 0 bridgehead atoms. The van der Waals surface area contributed by atoms with Gasteiger partial charge in [-0.2, -0.15) is 0 Å². The lowest BCUT2D eigenvalue weighted by Crippen LogP contribution is -2.50. The van der Waals surface area contributed by atoms with Gasteiger partial charge in [0.1, 0.15) is 18.0 Å². The van der Waals surface area contributed by atoms with Crippen LogP contribution >= 0.6 is 0 Å². The largest absolute Gasteiger partial charge is 0.487 e. The van der Waals surface area contributed by atoms with Crippen molar-refractivity contribution in [3.63, 3.8) is 0 Å². The van der Waals surface area contributed by atoms with Gasteiger partial charge < -0.3 is 34.6 Å². The minimum absolute atomic E-state index is 0.00638. The Labute approximate surface area is 189 Å². The zero-order valence-corrected chi connectivity index (χ0v) is 19.1. The fourth-order valence-electron chi connectivity index (χ4n) is 4.83. The normalized spacial score (nSPS) is 27.6. The molecule has 3 aliphatic heterocycles. The summed E-state index contributed by atoms with van der Waals surface area (Å²) in [5.41, 5.74) is 1.72. The van der Waals surface area contributed by atoms with Gasteiger partial charge in [0.15, 0.2) is 0 Å². The van der Waals surface area contributed by atoms with E-state index >= 15 is 0 Å². The molecule has 0 saturated carbocycles. The van der Waals surface area contributed by atoms with Crippen LogP contribution in [0.5, 0.6) is 5.75 Å². The molecule has 4 atom stereocenters. The van der Waals surface area contributed by atoms with Gasteiger partial charge in [0.25, 0.3) is 0 Å². The Morgan fingerprint density at radius 3 is 2.66 bits per heavy atom. The number of anilines is 1. The van der Waals surface area contributed by atoms with Gasteiger partial charge in [-0.25, -0.2) is 0 Å². The Hall–Kier alpha value is -2.20. The van der Waals surface area contributed by atoms with E-state index in [0.29, 0.717) is 19.4 Å². The number of carbonyl (C=O) groups excluding carboxylic acids is 2. The Morgan fingerprint density at radius 2 is 1.97 bits per heavy atom. The SMILES string of the molecule is CN(C)CC(=O)Nc1ccc2c(c1)[C@@H]1C[C@H](CC(=O)N3CCN(C)CC3)O[C@H](CO)[C@@H]1O2. The predicted octanol–water partition coefficient (Wildman–Crippen LogP) is 0.345. The molecule has 0 aromatic heterocycles. The van der Waals surface area contributed by atoms with E-state index in [9.17, 15) is 14.7 Å². The Morgan fingerprint density at radius 1 is 1.22 bits per heavy atom. The molecule has 2 amide bonds. The first-order valence-electron chi connectivity index (χ1n) is 11.3. The number of rotatable bonds is 6. The summed E-state index contributed by atoms with van der Waals surface area (Å²) in [6, 6.07) is 5.64. The van der Waals surface area contributed by atoms with Gasteiger partial charge in [-0.1, -0.05) is 0 Å². The van der Waals surface area contributed by atoms with Crippen molar-refractivity contribution >= 4 is 17.5 Å². The first-order valence-corrected chi connectivity index (χ1v) is 11.3. The lowest BCUT2D eigenvalue weighted by Gasteiger charge is -2.38. The van der Waals surface area contributed by atoms with E-state index in [0.717, 1.165) is 43.2 Å². The van der Waals surface area contributed by atoms with Gasteiger partial charge in [-0.3, -0.25) is 9.59 Å². The minimum atomic E-state index is -0.488. The number of hydrogen-bond acceptors (Lipinski definition) is 7. The molecule has 4 rings (SSSR count). The van der Waals surface area contributed by atoms with Crippen molar-refractivity contribution in [1.29, 1.82) is 0 Å². The van der Waals surface area contributed by atoms with Crippen molar-refractivity contribution in [1.82, 2.24) is 14.7 Å². The monoisotopic (exact) mass is 446 g/mol. The van der Waals surface area contributed by atoms with Crippen molar-refractivity contribution < 1.29 is 24.2 Å². The molecule has 1 aromatic carbocycles. The quantitative estimate of drug-likeness (QED) is 0.651. The summed E-state index contributed by atoms with van der Waals surface area (Å²) in [6.07, 6.45) is -0.112. The molecule has 2 saturated heterocycles. The summed E-state index contributed by atoms with van der Waals surface area (Å²) in [5, 5.41) is 12.9. The number of piperazine rings is 1. The number of carbonyl (C=O) groups is 2. The molecule has 1 aromatic rings. The highest BCUT2D eigenvalue weighted by Crippen LogP contribution is 2.47. The van der Waals surface area contributed by atoms with Crippen LogP contribution in [0.2, 0.25) is 0 Å². The third-order valence-electron chi connectivity index (χ3n) is 6.50. The number of fused-ring (bicyclic) bond motifs is 3. The highest BCUT2D eigenvalue weighted by atomic mass is 16.6. The summed E-state index contributed by atoms with van der Waals surface area (Å²) < 4.78 is 12.2. The van der Waals surface area contributed by atoms with E-state index in [1.54, 1.807) is 0 Å². The van der Waals surface area contributed by atoms with Gasteiger partial charge in [-0.15, -0.1) is 0 Å². The molecule has 176 valence electrons. The Bertz CT molecular complexity index is 840. The van der Waals surface area contributed by atoms with Gasteiger partial charge in [0, 0.05) is 43.3 Å². The summed E-state index contributed by atoms with van der Waals surface area (Å²) in [5.74, 6) is 0.772. The third-order valence-corrected chi connectivity index (χ3v) is 6.50. The molecule has 32 heavy (non-hydrogen) atoms. The maximum Gasteiger partial charge on any atom is 0.238 e. The maximum absolute atomic E-state index is 12.9. The molecule has 2 N–H and O–H groups in total. The lowest BCUT2D eigenvalue weighted by atomic mass is 9.84. The molecular formula is C23H34N4O5. The van der Waals surface area contributed by atoms with Gasteiger partial charge in [0.2, 0.25) is 11.8 Å². The van der Waals surface area contributed by atoms with Crippen molar-refractivity contribution in [3.05, 3.63) is 23.8 Å². The van der Waals surface area contributed by atoms with Crippen LogP contribution in [0.4, 0.5) is 5.69 Å². The van der Waals surface area contributed by atoms with Crippen molar-refractivity contribution in [2.45, 2.75) is 37.1 Å². The fraction of sp³-hybridized carbons (Fsp3) is 0.652. The summed E-state index contributed by atoms with van der Waals surface area (Å²) in [4.78, 5) is 31.0. The molecule has 9 nitrogen and oxygen atoms in total. The first-order chi connectivity index (χ1) is 15.3. The van der Waals surface area contributed by atoms with Crippen LogP contribution in [0, 0.1) is 0 Å². The van der Waals surface area contributed by atoms with E-state index in [1.807, 2.05) is 42.1 Å². The second kappa shape index (κ2) is 9.74. The summed E-state index contributed by atoms with van der Waals surface area (Å²) in [6.45, 7) is 3.37. The molecule has 0 unspecified atom stereocenters. The van der Waals surface area contributed by atoms with Crippen LogP contribution in [-0.2, 0) is 14.3 Å². The number of nitrogens with one attached hydrogen (secondary N) is 1. The Balaban J connectivity index is 1.45. The van der Waals surface area contributed by atoms with Crippen LogP contribution in [0.15, 0.2) is 18.2 Å². The zero-order chi connectivity index (χ0) is 22.8. The number of ether oxygens (including phenoxy) is 2. The van der Waals surface area contributed by atoms with Crippen LogP contribution in [0.25, 0.3) is 0 Å². The van der Waals surface area contributed by atoms with Crippen molar-refractivity contribution in [2.75, 3.05) is 65.8 Å². The topological polar surface area (TPSA) is 94.6 Å². The van der Waals surface area contributed by atoms with Crippen molar-refractivity contribution in [2.24, 2.45) is 0 Å². The minimum Gasteiger partial charge on any atom is -0.487 e. The second-order valence-electron chi connectivity index (χ2n) is 9.33. The average Bonchev–Trinajstić information content (AvgIpc) is 3.11. The molecule has 3 aliphatic rings. The second-order valence-corrected chi connectivity index (χ2v) is 9.33. The molecular weight excluding hydrogens is 412 g/mol. The molecule has 3 heterocycles. The van der Waals surface area contributed by atoms with E-state index in [4.69, 9.17) is 9.47 Å². The fourth-order valence-corrected chi connectivity index (χ4v) is 4.83. The molecule has 0 aliphatic carbocycles. The third kappa shape index (κ3) is 5.06. The zero-order valence-electron chi connectivity index (χ0n) is 19.1. The standard InChI is InChI=1S/C23H34N4O5/c1-25(2)13-21(29)24-15-4-5-19-17(10-15)18-11-16(31-20(14-28)23(18)32-19)12-22(30)27-8-6-26(3)7-9-27/h4-5,10,16,18,20,23,28H,6-9,11-14H2,1-3H3,(H,24,29)/t16-,18+,20-,23-/m1/s1. The number of nitrogens with zero attached hydrogens (tertiary/aromatic N) is 3. The Kier molecular flexibility index (Phi) is 6.99. The molecule has 2 fully saturated rings. The molecule has 0 radical (unpaired) electrons. The van der Waals surface area contributed by atoms with E-state index in [1.165, 1.54) is 0 Å². The van der Waals surface area contributed by atoms with Gasteiger partial charge >= 0.3 is 0 Å². The number of likely N-dealkylation sites (N-methyl/N-ethyl adjacent to an activating group) is 2. The van der Waals surface area contributed by atoms with E-state index < -0.39 is 6.10 Å². The lowest BCUT2D eigenvalue weighted by molar-refractivity contribution is -0.150. The van der Waals surface area contributed by atoms with E-state index in [2.05, 4.69) is 17.3 Å². The summed E-state index contributed by atoms with van der Waals surface area (Å²) in [7, 11) is 5.76. The molecule has 9 heteroatoms. The highest BCUT2D eigenvalue weighted by molar-refractivity contribution is 5.92. The van der Waals surface area contributed by atoms with Gasteiger partial charge in [-0.05, 0) is 45.8 Å². The van der Waals surface area contributed by atoms with Crippen LogP contribution in [0.3, 0.4) is 0 Å².